The lowest BCUT2D eigenvalue weighted by Crippen LogP contribution is -2.39. The van der Waals surface area contributed by atoms with Crippen molar-refractivity contribution in [2.45, 2.75) is 26.2 Å². The Bertz CT molecular complexity index is 939. The monoisotopic (exact) mass is 407 g/mol. The second kappa shape index (κ2) is 8.93. The van der Waals surface area contributed by atoms with Crippen LogP contribution < -0.4 is 5.32 Å². The minimum Gasteiger partial charge on any atom is -0.379 e. The zero-order chi connectivity index (χ0) is 21.0. The third-order valence-corrected chi connectivity index (χ3v) is 5.23. The van der Waals surface area contributed by atoms with E-state index in [4.69, 9.17) is 9.26 Å². The smallest absolute Gasteiger partial charge is 0.222 e. The Balaban J connectivity index is 1.35. The molecule has 30 heavy (non-hydrogen) atoms. The van der Waals surface area contributed by atoms with Crippen LogP contribution in [0.25, 0.3) is 22.4 Å². The van der Waals surface area contributed by atoms with Gasteiger partial charge in [0.05, 0.1) is 13.2 Å². The zero-order valence-electron chi connectivity index (χ0n) is 17.9. The van der Waals surface area contributed by atoms with Gasteiger partial charge < -0.3 is 14.6 Å². The lowest BCUT2D eigenvalue weighted by Gasteiger charge is -2.26. The van der Waals surface area contributed by atoms with Crippen molar-refractivity contribution in [3.05, 3.63) is 48.5 Å². The van der Waals surface area contributed by atoms with E-state index >= 15 is 0 Å². The van der Waals surface area contributed by atoms with E-state index in [-0.39, 0.29) is 5.41 Å². The van der Waals surface area contributed by atoms with E-state index in [2.05, 4.69) is 58.2 Å². The standard InChI is InChI=1S/C23H29N5O2/c1-23(2,3)21-14-20(27-30-21)18-6-4-17(5-7-18)19-15-25-22(26-16-19)24-8-9-28-10-12-29-13-11-28/h4-7,14-16H,8-13H2,1-3H3,(H,24,25,26). The zero-order valence-corrected chi connectivity index (χ0v) is 17.9. The summed E-state index contributed by atoms with van der Waals surface area (Å²) in [4.78, 5) is 11.3. The number of morpholine rings is 1. The lowest BCUT2D eigenvalue weighted by molar-refractivity contribution is 0.0398. The number of hydrogen-bond acceptors (Lipinski definition) is 7. The molecule has 3 aromatic rings. The quantitative estimate of drug-likeness (QED) is 0.665. The molecular formula is C23H29N5O2. The molecule has 3 heterocycles. The molecule has 1 N–H and O–H groups in total. The average Bonchev–Trinajstić information content (AvgIpc) is 3.26. The fourth-order valence-electron chi connectivity index (χ4n) is 3.32. The number of benzene rings is 1. The Kier molecular flexibility index (Phi) is 6.11. The second-order valence-corrected chi connectivity index (χ2v) is 8.58. The Morgan fingerprint density at radius 3 is 2.27 bits per heavy atom. The molecule has 7 nitrogen and oxygen atoms in total. The Morgan fingerprint density at radius 1 is 0.967 bits per heavy atom. The van der Waals surface area contributed by atoms with Crippen LogP contribution >= 0.6 is 0 Å². The first-order valence-electron chi connectivity index (χ1n) is 10.4. The summed E-state index contributed by atoms with van der Waals surface area (Å²) in [5, 5.41) is 7.50. The van der Waals surface area contributed by atoms with Gasteiger partial charge in [0.15, 0.2) is 0 Å². The van der Waals surface area contributed by atoms with Crippen molar-refractivity contribution >= 4 is 5.95 Å². The Morgan fingerprint density at radius 2 is 1.63 bits per heavy atom. The summed E-state index contributed by atoms with van der Waals surface area (Å²) in [6.07, 6.45) is 3.71. The summed E-state index contributed by atoms with van der Waals surface area (Å²) in [5.74, 6) is 1.53. The molecule has 1 saturated heterocycles. The summed E-state index contributed by atoms with van der Waals surface area (Å²) in [5.41, 5.74) is 3.87. The van der Waals surface area contributed by atoms with Crippen molar-refractivity contribution in [3.8, 4) is 22.4 Å². The number of anilines is 1. The molecule has 4 rings (SSSR count). The summed E-state index contributed by atoms with van der Waals surface area (Å²) in [6.45, 7) is 11.7. The fourth-order valence-corrected chi connectivity index (χ4v) is 3.32. The molecule has 1 aliphatic rings. The molecule has 0 unspecified atom stereocenters. The van der Waals surface area contributed by atoms with Crippen LogP contribution in [-0.4, -0.2) is 59.4 Å². The molecule has 1 aromatic carbocycles. The summed E-state index contributed by atoms with van der Waals surface area (Å²) in [7, 11) is 0. The summed E-state index contributed by atoms with van der Waals surface area (Å²) < 4.78 is 10.9. The van der Waals surface area contributed by atoms with Gasteiger partial charge in [0.25, 0.3) is 0 Å². The van der Waals surface area contributed by atoms with Gasteiger partial charge in [-0.05, 0) is 5.56 Å². The third kappa shape index (κ3) is 5.04. The van der Waals surface area contributed by atoms with E-state index < -0.39 is 0 Å². The lowest BCUT2D eigenvalue weighted by atomic mass is 9.93. The molecule has 0 spiro atoms. The number of nitrogens with one attached hydrogen (secondary N) is 1. The number of rotatable bonds is 6. The Labute approximate surface area is 177 Å². The van der Waals surface area contributed by atoms with Crippen LogP contribution in [0.2, 0.25) is 0 Å². The topological polar surface area (TPSA) is 76.3 Å². The largest absolute Gasteiger partial charge is 0.379 e. The van der Waals surface area contributed by atoms with Crippen LogP contribution in [0, 0.1) is 0 Å². The maximum atomic E-state index is 5.50. The SMILES string of the molecule is CC(C)(C)c1cc(-c2ccc(-c3cnc(NCCN4CCOCC4)nc3)cc2)no1. The molecule has 158 valence electrons. The van der Waals surface area contributed by atoms with Crippen LogP contribution in [0.3, 0.4) is 0 Å². The number of nitrogens with zero attached hydrogens (tertiary/aromatic N) is 4. The van der Waals surface area contributed by atoms with Crippen molar-refractivity contribution in [2.75, 3.05) is 44.7 Å². The van der Waals surface area contributed by atoms with Gasteiger partial charge in [0, 0.05) is 61.2 Å². The van der Waals surface area contributed by atoms with Gasteiger partial charge in [-0.3, -0.25) is 4.90 Å². The highest BCUT2D eigenvalue weighted by atomic mass is 16.5. The molecule has 0 atom stereocenters. The van der Waals surface area contributed by atoms with Crippen LogP contribution in [0.15, 0.2) is 47.2 Å². The van der Waals surface area contributed by atoms with Gasteiger partial charge in [-0.2, -0.15) is 0 Å². The maximum Gasteiger partial charge on any atom is 0.222 e. The first-order chi connectivity index (χ1) is 14.5. The van der Waals surface area contributed by atoms with Crippen LogP contribution in [0.1, 0.15) is 26.5 Å². The van der Waals surface area contributed by atoms with Gasteiger partial charge in [-0.15, -0.1) is 0 Å². The van der Waals surface area contributed by atoms with Crippen molar-refractivity contribution in [1.82, 2.24) is 20.0 Å². The molecule has 0 radical (unpaired) electrons. The van der Waals surface area contributed by atoms with Gasteiger partial charge in [0.1, 0.15) is 11.5 Å². The third-order valence-electron chi connectivity index (χ3n) is 5.23. The molecule has 0 aliphatic carbocycles. The molecule has 0 bridgehead atoms. The average molecular weight is 408 g/mol. The minimum atomic E-state index is -0.0551. The van der Waals surface area contributed by atoms with Crippen LogP contribution in [-0.2, 0) is 10.2 Å². The van der Waals surface area contributed by atoms with Gasteiger partial charge in [0.2, 0.25) is 5.95 Å². The number of ether oxygens (including phenoxy) is 1. The van der Waals surface area contributed by atoms with Crippen molar-refractivity contribution < 1.29 is 9.26 Å². The predicted octanol–water partition coefficient (Wildman–Crippen LogP) is 3.84. The normalized spacial score (nSPS) is 15.3. The fraction of sp³-hybridized carbons (Fsp3) is 0.435. The van der Waals surface area contributed by atoms with Crippen LogP contribution in [0.5, 0.6) is 0 Å². The molecule has 1 fully saturated rings. The maximum absolute atomic E-state index is 5.50. The van der Waals surface area contributed by atoms with Gasteiger partial charge in [-0.25, -0.2) is 9.97 Å². The highest BCUT2D eigenvalue weighted by Crippen LogP contribution is 2.28. The van der Waals surface area contributed by atoms with Crippen molar-refractivity contribution in [3.63, 3.8) is 0 Å². The van der Waals surface area contributed by atoms with Crippen molar-refractivity contribution in [1.29, 1.82) is 0 Å². The van der Waals surface area contributed by atoms with Crippen molar-refractivity contribution in [2.24, 2.45) is 0 Å². The number of aromatic nitrogens is 3. The van der Waals surface area contributed by atoms with E-state index in [1.165, 1.54) is 0 Å². The molecule has 0 saturated carbocycles. The van der Waals surface area contributed by atoms with Crippen LogP contribution in [0.4, 0.5) is 5.95 Å². The second-order valence-electron chi connectivity index (χ2n) is 8.58. The number of hydrogen-bond donors (Lipinski definition) is 1. The highest BCUT2D eigenvalue weighted by Gasteiger charge is 2.20. The highest BCUT2D eigenvalue weighted by molar-refractivity contribution is 5.68. The summed E-state index contributed by atoms with van der Waals surface area (Å²) >= 11 is 0. The predicted molar refractivity (Wildman–Crippen MR) is 117 cm³/mol. The molecule has 7 heteroatoms. The molecule has 2 aromatic heterocycles. The molecule has 1 aliphatic heterocycles. The molecular weight excluding hydrogens is 378 g/mol. The van der Waals surface area contributed by atoms with E-state index in [0.29, 0.717) is 5.95 Å². The van der Waals surface area contributed by atoms with E-state index in [1.807, 2.05) is 30.6 Å². The van der Waals surface area contributed by atoms with E-state index in [9.17, 15) is 0 Å². The van der Waals surface area contributed by atoms with E-state index in [1.54, 1.807) is 0 Å². The first-order valence-corrected chi connectivity index (χ1v) is 10.4. The minimum absolute atomic E-state index is 0.0551. The van der Waals surface area contributed by atoms with Gasteiger partial charge in [-0.1, -0.05) is 50.2 Å². The molecule has 0 amide bonds. The van der Waals surface area contributed by atoms with Gasteiger partial charge >= 0.3 is 0 Å². The Hall–Kier alpha value is -2.77. The first kappa shape index (κ1) is 20.5. The van der Waals surface area contributed by atoms with E-state index in [0.717, 1.165) is 67.5 Å². The summed E-state index contributed by atoms with van der Waals surface area (Å²) in [6, 6.07) is 10.2.